The fraction of sp³-hybridized carbons (Fsp3) is 0.143. The Bertz CT molecular complexity index is 545. The fourth-order valence-corrected chi connectivity index (χ4v) is 1.62. The lowest BCUT2D eigenvalue weighted by molar-refractivity contribution is 0.394. The third kappa shape index (κ3) is 2.42. The summed E-state index contributed by atoms with van der Waals surface area (Å²) in [5.41, 5.74) is 0.692. The number of benzene rings is 2. The van der Waals surface area contributed by atoms with Gasteiger partial charge < -0.3 is 9.47 Å². The van der Waals surface area contributed by atoms with Crippen LogP contribution in [0.3, 0.4) is 0 Å². The number of hydrogen-bond acceptors (Lipinski definition) is 2. The Labute approximate surface area is 104 Å². The molecule has 0 aliphatic heterocycles. The van der Waals surface area contributed by atoms with Gasteiger partial charge in [0, 0.05) is 17.7 Å². The Morgan fingerprint density at radius 1 is 0.944 bits per heavy atom. The number of halogens is 2. The molecule has 2 nitrogen and oxygen atoms in total. The van der Waals surface area contributed by atoms with Crippen molar-refractivity contribution in [2.24, 2.45) is 0 Å². The van der Waals surface area contributed by atoms with Crippen LogP contribution >= 0.6 is 0 Å². The van der Waals surface area contributed by atoms with Gasteiger partial charge in [0.15, 0.2) is 0 Å². The standard InChI is InChI=1S/C14H11F2O2/c1-17-11-5-9(6-12(8-11)18-2)13-4-3-10(15)7-14(13)16/h3,5-8H,1-2H3. The summed E-state index contributed by atoms with van der Waals surface area (Å²) in [4.78, 5) is 0. The monoisotopic (exact) mass is 249 g/mol. The van der Waals surface area contributed by atoms with E-state index in [4.69, 9.17) is 9.47 Å². The minimum absolute atomic E-state index is 0.175. The first-order valence-electron chi connectivity index (χ1n) is 5.24. The molecule has 2 aromatic carbocycles. The first kappa shape index (κ1) is 12.4. The van der Waals surface area contributed by atoms with Gasteiger partial charge in [-0.3, -0.25) is 0 Å². The molecule has 18 heavy (non-hydrogen) atoms. The van der Waals surface area contributed by atoms with Crippen LogP contribution in [-0.2, 0) is 0 Å². The number of ether oxygens (including phenoxy) is 2. The highest BCUT2D eigenvalue weighted by Crippen LogP contribution is 2.31. The van der Waals surface area contributed by atoms with E-state index >= 15 is 0 Å². The van der Waals surface area contributed by atoms with Crippen molar-refractivity contribution in [3.8, 4) is 22.6 Å². The molecule has 0 amide bonds. The Kier molecular flexibility index (Phi) is 3.46. The molecule has 0 spiro atoms. The van der Waals surface area contributed by atoms with E-state index in [9.17, 15) is 8.78 Å². The molecule has 0 aliphatic rings. The predicted octanol–water partition coefficient (Wildman–Crippen LogP) is 3.45. The lowest BCUT2D eigenvalue weighted by Gasteiger charge is -2.09. The van der Waals surface area contributed by atoms with Gasteiger partial charge >= 0.3 is 0 Å². The van der Waals surface area contributed by atoms with E-state index in [1.54, 1.807) is 18.2 Å². The molecule has 0 atom stereocenters. The summed E-state index contributed by atoms with van der Waals surface area (Å²) in [6.45, 7) is 0. The maximum atomic E-state index is 13.7. The molecule has 0 unspecified atom stereocenters. The normalized spacial score (nSPS) is 10.2. The summed E-state index contributed by atoms with van der Waals surface area (Å²) < 4.78 is 36.7. The van der Waals surface area contributed by atoms with Crippen molar-refractivity contribution >= 4 is 0 Å². The molecular weight excluding hydrogens is 238 g/mol. The van der Waals surface area contributed by atoms with E-state index in [0.717, 1.165) is 12.1 Å². The Hall–Kier alpha value is -2.10. The highest BCUT2D eigenvalue weighted by atomic mass is 19.1. The van der Waals surface area contributed by atoms with Crippen LogP contribution in [0.15, 0.2) is 30.3 Å². The number of hydrogen-bond donors (Lipinski definition) is 0. The first-order chi connectivity index (χ1) is 8.63. The number of rotatable bonds is 3. The van der Waals surface area contributed by atoms with Gasteiger partial charge in [0.25, 0.3) is 0 Å². The molecular formula is C14H11F2O2. The summed E-state index contributed by atoms with van der Waals surface area (Å²) in [5, 5.41) is 0. The molecule has 0 N–H and O–H groups in total. The van der Waals surface area contributed by atoms with Crippen LogP contribution in [0.5, 0.6) is 11.5 Å². The van der Waals surface area contributed by atoms with Crippen molar-refractivity contribution in [1.82, 2.24) is 0 Å². The second kappa shape index (κ2) is 5.04. The Morgan fingerprint density at radius 3 is 2.06 bits per heavy atom. The van der Waals surface area contributed by atoms with Crippen molar-refractivity contribution < 1.29 is 18.3 Å². The van der Waals surface area contributed by atoms with E-state index in [0.29, 0.717) is 17.1 Å². The third-order valence-electron chi connectivity index (χ3n) is 2.50. The molecule has 2 aromatic rings. The molecule has 93 valence electrons. The molecule has 0 heterocycles. The quantitative estimate of drug-likeness (QED) is 0.829. The first-order valence-corrected chi connectivity index (χ1v) is 5.24. The molecule has 0 aromatic heterocycles. The van der Waals surface area contributed by atoms with Crippen LogP contribution in [0.1, 0.15) is 0 Å². The van der Waals surface area contributed by atoms with Crippen LogP contribution < -0.4 is 9.47 Å². The van der Waals surface area contributed by atoms with Crippen LogP contribution in [0.25, 0.3) is 11.1 Å². The van der Waals surface area contributed by atoms with Gasteiger partial charge in [0.05, 0.1) is 14.2 Å². The lowest BCUT2D eigenvalue weighted by Crippen LogP contribution is -1.91. The third-order valence-corrected chi connectivity index (χ3v) is 2.50. The zero-order chi connectivity index (χ0) is 13.1. The molecule has 2 rings (SSSR count). The highest BCUT2D eigenvalue weighted by Gasteiger charge is 2.10. The van der Waals surface area contributed by atoms with Crippen LogP contribution in [0, 0.1) is 17.7 Å². The SMILES string of the molecule is COc1cc(OC)cc(-c2[c]cc(F)cc2F)c1. The van der Waals surface area contributed by atoms with E-state index in [1.165, 1.54) is 14.2 Å². The van der Waals surface area contributed by atoms with E-state index < -0.39 is 11.6 Å². The van der Waals surface area contributed by atoms with Crippen molar-refractivity contribution in [3.63, 3.8) is 0 Å². The zero-order valence-corrected chi connectivity index (χ0v) is 9.96. The Balaban J connectivity index is 2.55. The minimum Gasteiger partial charge on any atom is -0.497 e. The minimum atomic E-state index is -0.676. The molecule has 0 saturated heterocycles. The van der Waals surface area contributed by atoms with Crippen LogP contribution in [0.4, 0.5) is 8.78 Å². The van der Waals surface area contributed by atoms with Gasteiger partial charge in [0.2, 0.25) is 0 Å². The van der Waals surface area contributed by atoms with Crippen molar-refractivity contribution in [3.05, 3.63) is 48.0 Å². The summed E-state index contributed by atoms with van der Waals surface area (Å²) in [6, 6.07) is 9.41. The zero-order valence-electron chi connectivity index (χ0n) is 9.96. The van der Waals surface area contributed by atoms with Gasteiger partial charge in [-0.2, -0.15) is 0 Å². The van der Waals surface area contributed by atoms with Gasteiger partial charge in [-0.25, -0.2) is 8.78 Å². The summed E-state index contributed by atoms with van der Waals surface area (Å²) in [6.07, 6.45) is 0. The van der Waals surface area contributed by atoms with E-state index in [-0.39, 0.29) is 5.56 Å². The Morgan fingerprint density at radius 2 is 1.56 bits per heavy atom. The van der Waals surface area contributed by atoms with Crippen molar-refractivity contribution in [1.29, 1.82) is 0 Å². The van der Waals surface area contributed by atoms with Gasteiger partial charge in [-0.15, -0.1) is 0 Å². The maximum absolute atomic E-state index is 13.7. The molecule has 0 bridgehead atoms. The summed E-state index contributed by atoms with van der Waals surface area (Å²) >= 11 is 0. The van der Waals surface area contributed by atoms with Gasteiger partial charge in [0.1, 0.15) is 23.1 Å². The van der Waals surface area contributed by atoms with Gasteiger partial charge in [-0.1, -0.05) is 0 Å². The average molecular weight is 249 g/mol. The topological polar surface area (TPSA) is 18.5 Å². The average Bonchev–Trinajstić information content (AvgIpc) is 2.38. The molecule has 0 saturated carbocycles. The number of methoxy groups -OCH3 is 2. The van der Waals surface area contributed by atoms with Crippen molar-refractivity contribution in [2.45, 2.75) is 0 Å². The second-order valence-electron chi connectivity index (χ2n) is 3.64. The summed E-state index contributed by atoms with van der Waals surface area (Å²) in [7, 11) is 3.01. The fourth-order valence-electron chi connectivity index (χ4n) is 1.62. The lowest BCUT2D eigenvalue weighted by atomic mass is 10.0. The van der Waals surface area contributed by atoms with E-state index in [1.807, 2.05) is 0 Å². The molecule has 4 heteroatoms. The molecule has 0 fully saturated rings. The molecule has 1 radical (unpaired) electrons. The second-order valence-corrected chi connectivity index (χ2v) is 3.64. The smallest absolute Gasteiger partial charge is 0.134 e. The van der Waals surface area contributed by atoms with Crippen LogP contribution in [0.2, 0.25) is 0 Å². The maximum Gasteiger partial charge on any atom is 0.134 e. The summed E-state index contributed by atoms with van der Waals surface area (Å²) in [5.74, 6) is -0.278. The van der Waals surface area contributed by atoms with Crippen molar-refractivity contribution in [2.75, 3.05) is 14.2 Å². The molecule has 0 aliphatic carbocycles. The van der Waals surface area contributed by atoms with E-state index in [2.05, 4.69) is 6.07 Å². The van der Waals surface area contributed by atoms with Gasteiger partial charge in [-0.05, 0) is 29.8 Å². The van der Waals surface area contributed by atoms with Crippen LogP contribution in [-0.4, -0.2) is 14.2 Å². The predicted molar refractivity (Wildman–Crippen MR) is 63.7 cm³/mol. The highest BCUT2D eigenvalue weighted by molar-refractivity contribution is 5.67. The largest absolute Gasteiger partial charge is 0.497 e.